The van der Waals surface area contributed by atoms with Gasteiger partial charge in [-0.25, -0.2) is 0 Å². The zero-order valence-corrected chi connectivity index (χ0v) is 14.9. The van der Waals surface area contributed by atoms with Crippen molar-refractivity contribution in [2.75, 3.05) is 5.32 Å². The largest absolute Gasteiger partial charge is 0.451 e. The lowest BCUT2D eigenvalue weighted by Gasteiger charge is -2.06. The van der Waals surface area contributed by atoms with Gasteiger partial charge in [-0.15, -0.1) is 0 Å². The van der Waals surface area contributed by atoms with Crippen LogP contribution in [0, 0.1) is 6.92 Å². The molecule has 0 spiro atoms. The Hall–Kier alpha value is -2.86. The number of carbonyl (C=O) groups excluding carboxylic acids is 1. The van der Waals surface area contributed by atoms with Gasteiger partial charge < -0.3 is 9.73 Å². The number of nitrogens with one attached hydrogen (secondary N) is 2. The smallest absolute Gasteiger partial charge is 0.291 e. The van der Waals surface area contributed by atoms with Crippen LogP contribution in [-0.2, 0) is 0 Å². The number of furan rings is 1. The first-order chi connectivity index (χ1) is 12.1. The Morgan fingerprint density at radius 1 is 1.20 bits per heavy atom. The fourth-order valence-corrected chi connectivity index (χ4v) is 3.14. The fourth-order valence-electron chi connectivity index (χ4n) is 2.78. The van der Waals surface area contributed by atoms with Gasteiger partial charge in [-0.3, -0.25) is 9.89 Å². The van der Waals surface area contributed by atoms with Crippen LogP contribution in [0.25, 0.3) is 22.2 Å². The minimum absolute atomic E-state index is 0.272. The number of H-pyrrole nitrogens is 1. The summed E-state index contributed by atoms with van der Waals surface area (Å²) in [6, 6.07) is 15.1. The van der Waals surface area contributed by atoms with Crippen molar-refractivity contribution in [3.63, 3.8) is 0 Å². The standard InChI is InChI=1S/C19H14BrN3O2/c1-11-15-10-13(20)5-6-17(15)25-18(11)19(24)22-14-4-2-3-12(9-14)16-7-8-21-23-16/h2-10H,1H3,(H,21,23)(H,22,24). The summed E-state index contributed by atoms with van der Waals surface area (Å²) in [6.07, 6.45) is 1.69. The van der Waals surface area contributed by atoms with E-state index >= 15 is 0 Å². The number of halogens is 1. The van der Waals surface area contributed by atoms with Crippen molar-refractivity contribution < 1.29 is 9.21 Å². The normalized spacial score (nSPS) is 11.0. The summed E-state index contributed by atoms with van der Waals surface area (Å²) in [7, 11) is 0. The van der Waals surface area contributed by atoms with Crippen LogP contribution in [-0.4, -0.2) is 16.1 Å². The Morgan fingerprint density at radius 3 is 2.88 bits per heavy atom. The van der Waals surface area contributed by atoms with Crippen LogP contribution in [0.3, 0.4) is 0 Å². The first-order valence-corrected chi connectivity index (χ1v) is 8.51. The maximum atomic E-state index is 12.7. The number of hydrogen-bond donors (Lipinski definition) is 2. The van der Waals surface area contributed by atoms with Gasteiger partial charge in [0.1, 0.15) is 5.58 Å². The topological polar surface area (TPSA) is 70.9 Å². The van der Waals surface area contributed by atoms with Gasteiger partial charge >= 0.3 is 0 Å². The molecule has 0 saturated carbocycles. The van der Waals surface area contributed by atoms with Crippen LogP contribution in [0.1, 0.15) is 16.1 Å². The van der Waals surface area contributed by atoms with Gasteiger partial charge in [0.2, 0.25) is 0 Å². The Balaban J connectivity index is 1.64. The van der Waals surface area contributed by atoms with E-state index in [4.69, 9.17) is 4.42 Å². The van der Waals surface area contributed by atoms with Crippen LogP contribution >= 0.6 is 15.9 Å². The molecule has 4 aromatic rings. The Kier molecular flexibility index (Phi) is 3.89. The third-order valence-corrected chi connectivity index (χ3v) is 4.53. The molecule has 0 atom stereocenters. The molecule has 1 amide bonds. The molecule has 0 aliphatic carbocycles. The van der Waals surface area contributed by atoms with E-state index in [1.165, 1.54) is 0 Å². The highest BCUT2D eigenvalue weighted by Gasteiger charge is 2.18. The zero-order valence-electron chi connectivity index (χ0n) is 13.3. The number of rotatable bonds is 3. The molecule has 6 heteroatoms. The fraction of sp³-hybridized carbons (Fsp3) is 0.0526. The van der Waals surface area contributed by atoms with Crippen LogP contribution in [0.2, 0.25) is 0 Å². The predicted octanol–water partition coefficient (Wildman–Crippen LogP) is 5.15. The predicted molar refractivity (Wildman–Crippen MR) is 101 cm³/mol. The second-order valence-corrected chi connectivity index (χ2v) is 6.62. The second-order valence-electron chi connectivity index (χ2n) is 5.70. The summed E-state index contributed by atoms with van der Waals surface area (Å²) in [4.78, 5) is 12.7. The molecule has 0 bridgehead atoms. The van der Waals surface area contributed by atoms with E-state index in [1.54, 1.807) is 6.20 Å². The van der Waals surface area contributed by atoms with Crippen molar-refractivity contribution in [3.8, 4) is 11.3 Å². The van der Waals surface area contributed by atoms with Gasteiger partial charge in [-0.05, 0) is 43.3 Å². The molecule has 124 valence electrons. The van der Waals surface area contributed by atoms with E-state index in [0.29, 0.717) is 17.0 Å². The van der Waals surface area contributed by atoms with Crippen molar-refractivity contribution in [2.24, 2.45) is 0 Å². The number of aryl methyl sites for hydroxylation is 1. The minimum Gasteiger partial charge on any atom is -0.451 e. The third-order valence-electron chi connectivity index (χ3n) is 4.04. The maximum absolute atomic E-state index is 12.7. The van der Waals surface area contributed by atoms with Crippen LogP contribution in [0.5, 0.6) is 0 Å². The highest BCUT2D eigenvalue weighted by molar-refractivity contribution is 9.10. The first kappa shape index (κ1) is 15.7. The van der Waals surface area contributed by atoms with E-state index in [1.807, 2.05) is 55.5 Å². The molecule has 0 unspecified atom stereocenters. The molecule has 4 rings (SSSR count). The summed E-state index contributed by atoms with van der Waals surface area (Å²) >= 11 is 3.44. The molecule has 2 N–H and O–H groups in total. The number of anilines is 1. The molecule has 0 saturated heterocycles. The number of benzene rings is 2. The molecule has 0 radical (unpaired) electrons. The van der Waals surface area contributed by atoms with Gasteiger partial charge in [-0.1, -0.05) is 28.1 Å². The van der Waals surface area contributed by atoms with E-state index < -0.39 is 0 Å². The SMILES string of the molecule is Cc1c(C(=O)Nc2cccc(-c3ccn[nH]3)c2)oc2ccc(Br)cc12. The van der Waals surface area contributed by atoms with Crippen LogP contribution in [0.15, 0.2) is 63.6 Å². The maximum Gasteiger partial charge on any atom is 0.291 e. The van der Waals surface area contributed by atoms with Gasteiger partial charge in [-0.2, -0.15) is 5.10 Å². The average Bonchev–Trinajstić information content (AvgIpc) is 3.24. The van der Waals surface area contributed by atoms with Crippen LogP contribution in [0.4, 0.5) is 5.69 Å². The molecule has 25 heavy (non-hydrogen) atoms. The average molecular weight is 396 g/mol. The van der Waals surface area contributed by atoms with E-state index in [-0.39, 0.29) is 5.91 Å². The summed E-state index contributed by atoms with van der Waals surface area (Å²) in [5, 5.41) is 10.7. The van der Waals surface area contributed by atoms with Crippen molar-refractivity contribution >= 4 is 38.5 Å². The van der Waals surface area contributed by atoms with E-state index in [0.717, 1.165) is 26.7 Å². The lowest BCUT2D eigenvalue weighted by Crippen LogP contribution is -2.12. The number of hydrogen-bond acceptors (Lipinski definition) is 3. The van der Waals surface area contributed by atoms with E-state index in [9.17, 15) is 4.79 Å². The van der Waals surface area contributed by atoms with Gasteiger partial charge in [0, 0.05) is 32.9 Å². The Labute approximate surface area is 152 Å². The number of carbonyl (C=O) groups is 1. The second kappa shape index (κ2) is 6.22. The first-order valence-electron chi connectivity index (χ1n) is 7.71. The number of amides is 1. The monoisotopic (exact) mass is 395 g/mol. The third kappa shape index (κ3) is 2.96. The van der Waals surface area contributed by atoms with Gasteiger partial charge in [0.15, 0.2) is 5.76 Å². The Bertz CT molecular complexity index is 1070. The summed E-state index contributed by atoms with van der Waals surface area (Å²) in [6.45, 7) is 1.88. The number of aromatic amines is 1. The molecular weight excluding hydrogens is 382 g/mol. The van der Waals surface area contributed by atoms with Crippen LogP contribution < -0.4 is 5.32 Å². The number of nitrogens with zero attached hydrogens (tertiary/aromatic N) is 1. The Morgan fingerprint density at radius 2 is 2.08 bits per heavy atom. The number of aromatic nitrogens is 2. The molecule has 5 nitrogen and oxygen atoms in total. The molecule has 2 aromatic carbocycles. The van der Waals surface area contributed by atoms with Crippen molar-refractivity contribution in [1.82, 2.24) is 10.2 Å². The van der Waals surface area contributed by atoms with Crippen molar-refractivity contribution in [1.29, 1.82) is 0 Å². The summed E-state index contributed by atoms with van der Waals surface area (Å²) in [5.41, 5.74) is 4.04. The van der Waals surface area contributed by atoms with Gasteiger partial charge in [0.05, 0.1) is 5.69 Å². The van der Waals surface area contributed by atoms with Crippen molar-refractivity contribution in [2.45, 2.75) is 6.92 Å². The molecule has 0 aliphatic heterocycles. The number of fused-ring (bicyclic) bond motifs is 1. The molecule has 0 fully saturated rings. The highest BCUT2D eigenvalue weighted by Crippen LogP contribution is 2.29. The lowest BCUT2D eigenvalue weighted by molar-refractivity contribution is 0.0998. The summed E-state index contributed by atoms with van der Waals surface area (Å²) < 4.78 is 6.69. The lowest BCUT2D eigenvalue weighted by atomic mass is 10.1. The zero-order chi connectivity index (χ0) is 17.4. The summed E-state index contributed by atoms with van der Waals surface area (Å²) in [5.74, 6) is 0.0478. The molecule has 2 heterocycles. The molecule has 0 aliphatic rings. The van der Waals surface area contributed by atoms with Gasteiger partial charge in [0.25, 0.3) is 5.91 Å². The highest BCUT2D eigenvalue weighted by atomic mass is 79.9. The van der Waals surface area contributed by atoms with E-state index in [2.05, 4.69) is 31.4 Å². The molecular formula is C19H14BrN3O2. The minimum atomic E-state index is -0.272. The quantitative estimate of drug-likeness (QED) is 0.503. The van der Waals surface area contributed by atoms with Crippen molar-refractivity contribution in [3.05, 3.63) is 70.5 Å². The molecule has 2 aromatic heterocycles.